The van der Waals surface area contributed by atoms with Crippen molar-refractivity contribution in [2.45, 2.75) is 251 Å². The van der Waals surface area contributed by atoms with E-state index in [-0.39, 0.29) is 26.1 Å². The van der Waals surface area contributed by atoms with Crippen LogP contribution in [-0.4, -0.2) is 70.0 Å². The van der Waals surface area contributed by atoms with Gasteiger partial charge in [-0.15, -0.1) is 0 Å². The van der Waals surface area contributed by atoms with Crippen LogP contribution in [0.15, 0.2) is 24.3 Å². The van der Waals surface area contributed by atoms with E-state index in [1.807, 2.05) is 21.1 Å². The Labute approximate surface area is 383 Å². The predicted molar refractivity (Wildman–Crippen MR) is 259 cm³/mol. The number of likely N-dealkylation sites (N-methyl/N-ethyl adjacent to an activating group) is 1. The zero-order chi connectivity index (χ0) is 45.7. The van der Waals surface area contributed by atoms with E-state index in [2.05, 4.69) is 38.2 Å². The second-order valence-electron chi connectivity index (χ2n) is 18.9. The average Bonchev–Trinajstić information content (AvgIpc) is 3.23. The summed E-state index contributed by atoms with van der Waals surface area (Å²) in [4.78, 5) is 37.6. The average molecular weight is 898 g/mol. The molecular formula is C52H100NO8P. The minimum atomic E-state index is -4.64. The van der Waals surface area contributed by atoms with Crippen LogP contribution in [0.2, 0.25) is 0 Å². The van der Waals surface area contributed by atoms with E-state index in [9.17, 15) is 19.0 Å². The third kappa shape index (κ3) is 48.0. The van der Waals surface area contributed by atoms with E-state index >= 15 is 0 Å². The number of ether oxygens (including phenoxy) is 2. The summed E-state index contributed by atoms with van der Waals surface area (Å²) in [6.45, 7) is 4.21. The van der Waals surface area contributed by atoms with Crippen molar-refractivity contribution in [2.24, 2.45) is 0 Å². The van der Waals surface area contributed by atoms with Gasteiger partial charge < -0.3 is 27.9 Å². The maximum atomic E-state index is 12.7. The van der Waals surface area contributed by atoms with Gasteiger partial charge in [0.1, 0.15) is 19.8 Å². The molecule has 2 atom stereocenters. The fraction of sp³-hybridized carbons (Fsp3) is 0.885. The molecule has 0 rings (SSSR count). The van der Waals surface area contributed by atoms with Crippen LogP contribution in [0, 0.1) is 0 Å². The van der Waals surface area contributed by atoms with Crippen molar-refractivity contribution >= 4 is 19.8 Å². The number of hydrogen-bond acceptors (Lipinski definition) is 8. The second-order valence-corrected chi connectivity index (χ2v) is 20.3. The Morgan fingerprint density at radius 2 is 0.839 bits per heavy atom. The summed E-state index contributed by atoms with van der Waals surface area (Å²) in [7, 11) is 1.15. The van der Waals surface area contributed by atoms with Crippen molar-refractivity contribution in [3.05, 3.63) is 24.3 Å². The van der Waals surface area contributed by atoms with E-state index in [0.29, 0.717) is 23.9 Å². The Hall–Kier alpha value is -1.51. The highest BCUT2D eigenvalue weighted by Crippen LogP contribution is 2.38. The Bertz CT molecular complexity index is 1110. The van der Waals surface area contributed by atoms with Gasteiger partial charge in [-0.25, -0.2) is 0 Å². The van der Waals surface area contributed by atoms with E-state index in [4.69, 9.17) is 18.5 Å². The zero-order valence-electron chi connectivity index (χ0n) is 41.3. The van der Waals surface area contributed by atoms with Gasteiger partial charge in [-0.05, 0) is 57.8 Å². The number of unbranched alkanes of at least 4 members (excludes halogenated alkanes) is 30. The molecule has 0 aliphatic carbocycles. The number of hydrogen-bond donors (Lipinski definition) is 0. The first-order valence-electron chi connectivity index (χ1n) is 26.0. The molecule has 10 heteroatoms. The lowest BCUT2D eigenvalue weighted by Gasteiger charge is -2.28. The summed E-state index contributed by atoms with van der Waals surface area (Å²) in [5, 5.41) is 0. The summed E-state index contributed by atoms with van der Waals surface area (Å²) < 4.78 is 34.0. The van der Waals surface area contributed by atoms with Crippen LogP contribution in [0.1, 0.15) is 245 Å². The largest absolute Gasteiger partial charge is 0.756 e. The van der Waals surface area contributed by atoms with Crippen LogP contribution in [-0.2, 0) is 32.7 Å². The van der Waals surface area contributed by atoms with Gasteiger partial charge in [0.15, 0.2) is 6.10 Å². The van der Waals surface area contributed by atoms with Crippen molar-refractivity contribution in [2.75, 3.05) is 47.5 Å². The number of phosphoric ester groups is 1. The molecule has 0 saturated heterocycles. The second kappa shape index (κ2) is 44.7. The number of carbonyl (C=O) groups excluding carboxylic acids is 2. The normalized spacial score (nSPS) is 13.6. The molecule has 9 nitrogen and oxygen atoms in total. The molecule has 0 amide bonds. The maximum Gasteiger partial charge on any atom is 0.306 e. The number of quaternary nitrogens is 1. The summed E-state index contributed by atoms with van der Waals surface area (Å²) in [6.07, 6.45) is 50.9. The SMILES string of the molecule is CCCCCCCCCCC/C=C/CCCCC(=O)O[C@@H](COC(=O)CCC/C=C/CCCCCCCCCCCCCCCCCCCC)COP(=O)([O-])OCC[N+](C)(C)C. The molecule has 0 aromatic heterocycles. The highest BCUT2D eigenvalue weighted by Gasteiger charge is 2.21. The molecule has 0 aliphatic rings. The topological polar surface area (TPSA) is 111 Å². The summed E-state index contributed by atoms with van der Waals surface area (Å²) in [5.74, 6) is -0.887. The lowest BCUT2D eigenvalue weighted by Crippen LogP contribution is -2.37. The summed E-state index contributed by atoms with van der Waals surface area (Å²) in [6, 6.07) is 0. The van der Waals surface area contributed by atoms with Crippen molar-refractivity contribution in [1.29, 1.82) is 0 Å². The van der Waals surface area contributed by atoms with Gasteiger partial charge in [-0.2, -0.15) is 0 Å². The lowest BCUT2D eigenvalue weighted by atomic mass is 10.0. The van der Waals surface area contributed by atoms with Gasteiger partial charge in [0.2, 0.25) is 0 Å². The third-order valence-electron chi connectivity index (χ3n) is 11.4. The minimum Gasteiger partial charge on any atom is -0.756 e. The fourth-order valence-electron chi connectivity index (χ4n) is 7.36. The molecule has 0 heterocycles. The van der Waals surface area contributed by atoms with Gasteiger partial charge in [0, 0.05) is 12.8 Å². The molecule has 0 saturated carbocycles. The monoisotopic (exact) mass is 898 g/mol. The minimum absolute atomic E-state index is 0.0363. The number of esters is 2. The highest BCUT2D eigenvalue weighted by atomic mass is 31.2. The fourth-order valence-corrected chi connectivity index (χ4v) is 8.09. The predicted octanol–water partition coefficient (Wildman–Crippen LogP) is 14.8. The first-order valence-corrected chi connectivity index (χ1v) is 27.5. The van der Waals surface area contributed by atoms with Crippen molar-refractivity contribution < 1.29 is 42.1 Å². The lowest BCUT2D eigenvalue weighted by molar-refractivity contribution is -0.870. The Balaban J connectivity index is 4.23. The van der Waals surface area contributed by atoms with Crippen LogP contribution in [0.25, 0.3) is 0 Å². The van der Waals surface area contributed by atoms with E-state index in [0.717, 1.165) is 32.1 Å². The maximum absolute atomic E-state index is 12.7. The smallest absolute Gasteiger partial charge is 0.306 e. The molecular weight excluding hydrogens is 798 g/mol. The number of carbonyl (C=O) groups is 2. The molecule has 0 fully saturated rings. The first-order chi connectivity index (χ1) is 30.0. The standard InChI is InChI=1S/C52H100NO8P/c1-6-8-10-12-14-16-18-20-22-23-24-25-26-27-28-29-31-32-34-36-38-40-42-44-51(54)58-48-50(49-60-62(56,57)59-47-46-53(3,4)5)61-52(55)45-43-41-39-37-35-33-30-21-19-17-15-13-11-9-7-2/h35-38,50H,6-34,39-49H2,1-5H3/b37-35+,38-36+/t50-/m0/s1. The van der Waals surface area contributed by atoms with Crippen molar-refractivity contribution in [3.8, 4) is 0 Å². The molecule has 0 bridgehead atoms. The number of rotatable bonds is 48. The van der Waals surface area contributed by atoms with Gasteiger partial charge in [0.25, 0.3) is 7.82 Å². The molecule has 0 aromatic carbocycles. The molecule has 1 unspecified atom stereocenters. The van der Waals surface area contributed by atoms with Gasteiger partial charge >= 0.3 is 11.9 Å². The number of allylic oxidation sites excluding steroid dienone is 4. The Morgan fingerprint density at radius 1 is 0.484 bits per heavy atom. The highest BCUT2D eigenvalue weighted by molar-refractivity contribution is 7.45. The quantitative estimate of drug-likeness (QED) is 0.0195. The summed E-state index contributed by atoms with van der Waals surface area (Å²) >= 11 is 0. The van der Waals surface area contributed by atoms with Gasteiger partial charge in [0.05, 0.1) is 27.7 Å². The number of nitrogens with zero attached hydrogens (tertiary/aromatic N) is 1. The van der Waals surface area contributed by atoms with Crippen LogP contribution in [0.5, 0.6) is 0 Å². The molecule has 0 N–H and O–H groups in total. The molecule has 0 radical (unpaired) electrons. The molecule has 0 spiro atoms. The van der Waals surface area contributed by atoms with Gasteiger partial charge in [-0.3, -0.25) is 14.2 Å². The molecule has 0 aliphatic heterocycles. The molecule has 0 aromatic rings. The molecule has 62 heavy (non-hydrogen) atoms. The number of phosphoric acid groups is 1. The van der Waals surface area contributed by atoms with Crippen LogP contribution in [0.4, 0.5) is 0 Å². The van der Waals surface area contributed by atoms with Crippen molar-refractivity contribution in [3.63, 3.8) is 0 Å². The van der Waals surface area contributed by atoms with Crippen LogP contribution >= 0.6 is 7.82 Å². The Morgan fingerprint density at radius 3 is 1.24 bits per heavy atom. The van der Waals surface area contributed by atoms with Crippen LogP contribution in [0.3, 0.4) is 0 Å². The molecule has 366 valence electrons. The third-order valence-corrected chi connectivity index (χ3v) is 12.4. The first kappa shape index (κ1) is 60.5. The van der Waals surface area contributed by atoms with Gasteiger partial charge in [-0.1, -0.05) is 199 Å². The summed E-state index contributed by atoms with van der Waals surface area (Å²) in [5.41, 5.74) is 0. The van der Waals surface area contributed by atoms with Crippen molar-refractivity contribution in [1.82, 2.24) is 0 Å². The van der Waals surface area contributed by atoms with Crippen LogP contribution < -0.4 is 4.89 Å². The van der Waals surface area contributed by atoms with E-state index < -0.39 is 32.5 Å². The zero-order valence-corrected chi connectivity index (χ0v) is 42.2. The van der Waals surface area contributed by atoms with E-state index in [1.54, 1.807) is 0 Å². The van der Waals surface area contributed by atoms with E-state index in [1.165, 1.54) is 173 Å². The Kier molecular flexibility index (Phi) is 43.6.